The minimum Gasteiger partial charge on any atom is -0.497 e. The van der Waals surface area contributed by atoms with Gasteiger partial charge >= 0.3 is 0 Å². The molecule has 0 radical (unpaired) electrons. The molecule has 0 saturated carbocycles. The number of carbonyl (C=O) groups excluding carboxylic acids is 1. The van der Waals surface area contributed by atoms with Gasteiger partial charge in [0.15, 0.2) is 28.8 Å². The molecule has 9 nitrogen and oxygen atoms in total. The van der Waals surface area contributed by atoms with Crippen LogP contribution in [-0.2, 0) is 0 Å². The lowest BCUT2D eigenvalue weighted by molar-refractivity contribution is 0.104. The first-order valence-corrected chi connectivity index (χ1v) is 14.1. The molecule has 0 spiro atoms. The van der Waals surface area contributed by atoms with E-state index in [-0.39, 0.29) is 5.78 Å². The lowest BCUT2D eigenvalue weighted by Gasteiger charge is -2.13. The molecule has 0 bridgehead atoms. The largest absolute Gasteiger partial charge is 0.497 e. The Balaban J connectivity index is 0.000000251. The zero-order valence-corrected chi connectivity index (χ0v) is 27.4. The molecule has 0 aliphatic carbocycles. The van der Waals surface area contributed by atoms with E-state index in [2.05, 4.69) is 0 Å². The molecular weight excluding hydrogens is 588 g/mol. The van der Waals surface area contributed by atoms with Gasteiger partial charge in [-0.25, -0.2) is 0 Å². The van der Waals surface area contributed by atoms with Gasteiger partial charge in [0.2, 0.25) is 11.5 Å². The Kier molecular flexibility index (Phi) is 13.4. The van der Waals surface area contributed by atoms with E-state index >= 15 is 0 Å². The molecule has 0 aromatic heterocycles. The van der Waals surface area contributed by atoms with Crippen molar-refractivity contribution in [1.29, 1.82) is 0 Å². The molecule has 0 aliphatic heterocycles. The Hall–Kier alpha value is -5.57. The van der Waals surface area contributed by atoms with Gasteiger partial charge in [-0.15, -0.1) is 0 Å². The number of ether oxygens (including phenoxy) is 8. The third-order valence-electron chi connectivity index (χ3n) is 6.76. The van der Waals surface area contributed by atoms with Crippen LogP contribution in [0.25, 0.3) is 18.2 Å². The molecule has 242 valence electrons. The predicted molar refractivity (Wildman–Crippen MR) is 180 cm³/mol. The zero-order valence-electron chi connectivity index (χ0n) is 27.4. The van der Waals surface area contributed by atoms with Gasteiger partial charge in [-0.1, -0.05) is 42.5 Å². The van der Waals surface area contributed by atoms with Crippen LogP contribution in [-0.4, -0.2) is 62.7 Å². The number of hydrogen-bond acceptors (Lipinski definition) is 9. The first-order chi connectivity index (χ1) is 22.3. The van der Waals surface area contributed by atoms with E-state index in [1.165, 1.54) is 27.4 Å². The molecular formula is C37H40O9. The van der Waals surface area contributed by atoms with Crippen LogP contribution in [0.4, 0.5) is 0 Å². The van der Waals surface area contributed by atoms with Crippen molar-refractivity contribution in [3.63, 3.8) is 0 Å². The summed E-state index contributed by atoms with van der Waals surface area (Å²) in [6.45, 7) is 0. The average Bonchev–Trinajstić information content (AvgIpc) is 3.12. The highest BCUT2D eigenvalue weighted by Crippen LogP contribution is 2.39. The van der Waals surface area contributed by atoms with E-state index < -0.39 is 0 Å². The van der Waals surface area contributed by atoms with Crippen molar-refractivity contribution < 1.29 is 42.7 Å². The summed E-state index contributed by atoms with van der Waals surface area (Å²) in [5.74, 6) is 4.64. The maximum atomic E-state index is 12.4. The molecule has 9 heteroatoms. The minimum atomic E-state index is -0.162. The number of rotatable bonds is 13. The number of hydrogen-bond donors (Lipinski definition) is 0. The normalized spacial score (nSPS) is 10.5. The molecule has 4 aromatic rings. The molecule has 0 aliphatic rings. The van der Waals surface area contributed by atoms with E-state index in [0.717, 1.165) is 28.2 Å². The maximum absolute atomic E-state index is 12.4. The smallest absolute Gasteiger partial charge is 0.203 e. The monoisotopic (exact) mass is 628 g/mol. The Bertz CT molecular complexity index is 1570. The Morgan fingerprint density at radius 1 is 0.435 bits per heavy atom. The minimum absolute atomic E-state index is 0.162. The second-order valence-corrected chi connectivity index (χ2v) is 9.45. The van der Waals surface area contributed by atoms with Crippen LogP contribution in [0.15, 0.2) is 78.9 Å². The number of benzene rings is 4. The number of methoxy groups -OCH3 is 8. The SMILES string of the molecule is COc1ccc(/C=C/C(=O)c2cc(OC)c(OC)c(OC)c2)cc1.COc1ccc(/C=C\c2cc(OC)c(OC)c(OC)c2)cc1. The number of ketones is 1. The second kappa shape index (κ2) is 17.7. The van der Waals surface area contributed by atoms with Crippen molar-refractivity contribution in [3.05, 3.63) is 101 Å². The third-order valence-corrected chi connectivity index (χ3v) is 6.76. The standard InChI is InChI=1S/C19H20O5.C18H20O4/c1-21-15-8-5-13(6-9-15)7-10-16(20)14-11-17(22-2)19(24-4)18(12-14)23-3;1-19-15-9-7-13(8-10-15)5-6-14-11-16(20-2)18(22-4)17(12-14)21-3/h5-12H,1-4H3;5-12H,1-4H3/b10-7+;6-5-. The summed E-state index contributed by atoms with van der Waals surface area (Å²) in [5.41, 5.74) is 3.39. The molecule has 46 heavy (non-hydrogen) atoms. The highest BCUT2D eigenvalue weighted by atomic mass is 16.5. The lowest BCUT2D eigenvalue weighted by Crippen LogP contribution is -2.00. The molecule has 0 unspecified atom stereocenters. The number of carbonyl (C=O) groups is 1. The molecule has 0 saturated heterocycles. The molecule has 0 atom stereocenters. The second-order valence-electron chi connectivity index (χ2n) is 9.45. The van der Waals surface area contributed by atoms with Crippen molar-refractivity contribution >= 4 is 24.0 Å². The summed E-state index contributed by atoms with van der Waals surface area (Å²) in [7, 11) is 12.6. The van der Waals surface area contributed by atoms with E-state index in [1.54, 1.807) is 53.8 Å². The molecule has 0 amide bonds. The van der Waals surface area contributed by atoms with Gasteiger partial charge in [-0.3, -0.25) is 4.79 Å². The molecule has 0 N–H and O–H groups in total. The summed E-state index contributed by atoms with van der Waals surface area (Å²) < 4.78 is 42.0. The predicted octanol–water partition coefficient (Wildman–Crippen LogP) is 7.51. The van der Waals surface area contributed by atoms with Crippen LogP contribution in [0.1, 0.15) is 27.0 Å². The van der Waals surface area contributed by atoms with E-state index in [0.29, 0.717) is 40.1 Å². The van der Waals surface area contributed by atoms with Crippen LogP contribution in [0.5, 0.6) is 46.0 Å². The molecule has 4 rings (SSSR count). The van der Waals surface area contributed by atoms with Crippen LogP contribution >= 0.6 is 0 Å². The Morgan fingerprint density at radius 2 is 0.804 bits per heavy atom. The lowest BCUT2D eigenvalue weighted by atomic mass is 10.1. The van der Waals surface area contributed by atoms with Gasteiger partial charge in [0.25, 0.3) is 0 Å². The van der Waals surface area contributed by atoms with Crippen molar-refractivity contribution in [2.24, 2.45) is 0 Å². The van der Waals surface area contributed by atoms with Crippen molar-refractivity contribution in [2.45, 2.75) is 0 Å². The topological polar surface area (TPSA) is 90.9 Å². The third kappa shape index (κ3) is 9.22. The van der Waals surface area contributed by atoms with E-state index in [9.17, 15) is 4.79 Å². The summed E-state index contributed by atoms with van der Waals surface area (Å²) in [6, 6.07) is 22.3. The Morgan fingerprint density at radius 3 is 1.17 bits per heavy atom. The average molecular weight is 629 g/mol. The highest BCUT2D eigenvalue weighted by molar-refractivity contribution is 6.07. The fraction of sp³-hybridized carbons (Fsp3) is 0.216. The number of allylic oxidation sites excluding steroid dienone is 1. The van der Waals surface area contributed by atoms with Crippen molar-refractivity contribution in [3.8, 4) is 46.0 Å². The van der Waals surface area contributed by atoms with Crippen LogP contribution in [0.2, 0.25) is 0 Å². The zero-order chi connectivity index (χ0) is 33.5. The molecule has 0 fully saturated rings. The molecule has 0 heterocycles. The van der Waals surface area contributed by atoms with Crippen LogP contribution in [0, 0.1) is 0 Å². The summed E-state index contributed by atoms with van der Waals surface area (Å²) in [6.07, 6.45) is 7.25. The van der Waals surface area contributed by atoms with E-state index in [4.69, 9.17) is 37.9 Å². The fourth-order valence-electron chi connectivity index (χ4n) is 4.31. The fourth-order valence-corrected chi connectivity index (χ4v) is 4.31. The van der Waals surface area contributed by atoms with Gasteiger partial charge < -0.3 is 37.9 Å². The van der Waals surface area contributed by atoms with Gasteiger partial charge in [-0.2, -0.15) is 0 Å². The summed E-state index contributed by atoms with van der Waals surface area (Å²) in [4.78, 5) is 12.4. The van der Waals surface area contributed by atoms with Crippen molar-refractivity contribution in [2.75, 3.05) is 56.9 Å². The first kappa shape index (κ1) is 34.9. The van der Waals surface area contributed by atoms with Gasteiger partial charge in [-0.05, 0) is 71.3 Å². The van der Waals surface area contributed by atoms with Crippen LogP contribution < -0.4 is 37.9 Å². The van der Waals surface area contributed by atoms with Gasteiger partial charge in [0.05, 0.1) is 56.9 Å². The maximum Gasteiger partial charge on any atom is 0.203 e. The van der Waals surface area contributed by atoms with Gasteiger partial charge in [0, 0.05) is 5.56 Å². The van der Waals surface area contributed by atoms with E-state index in [1.807, 2.05) is 72.8 Å². The summed E-state index contributed by atoms with van der Waals surface area (Å²) in [5, 5.41) is 0. The van der Waals surface area contributed by atoms with Crippen LogP contribution in [0.3, 0.4) is 0 Å². The Labute approximate surface area is 270 Å². The highest BCUT2D eigenvalue weighted by Gasteiger charge is 2.16. The quantitative estimate of drug-likeness (QED) is 0.0848. The summed E-state index contributed by atoms with van der Waals surface area (Å²) >= 11 is 0. The molecule has 4 aromatic carbocycles. The van der Waals surface area contributed by atoms with Crippen molar-refractivity contribution in [1.82, 2.24) is 0 Å². The van der Waals surface area contributed by atoms with Gasteiger partial charge in [0.1, 0.15) is 11.5 Å². The first-order valence-electron chi connectivity index (χ1n) is 14.1.